The molecule has 21 heavy (non-hydrogen) atoms. The lowest BCUT2D eigenvalue weighted by molar-refractivity contribution is 0.338. The van der Waals surface area contributed by atoms with E-state index in [0.717, 1.165) is 43.7 Å². The molecule has 1 heterocycles. The van der Waals surface area contributed by atoms with Gasteiger partial charge in [-0.3, -0.25) is 0 Å². The Bertz CT molecular complexity index is 589. The van der Waals surface area contributed by atoms with Gasteiger partial charge in [0, 0.05) is 13.0 Å². The maximum Gasteiger partial charge on any atom is 0.151 e. The first kappa shape index (κ1) is 16.0. The van der Waals surface area contributed by atoms with Gasteiger partial charge >= 0.3 is 0 Å². The average molecular weight is 291 g/mol. The summed E-state index contributed by atoms with van der Waals surface area (Å²) in [7, 11) is 0. The third kappa shape index (κ3) is 3.43. The maximum atomic E-state index is 13.9. The van der Waals surface area contributed by atoms with Gasteiger partial charge in [0.1, 0.15) is 11.3 Å². The van der Waals surface area contributed by atoms with Crippen molar-refractivity contribution in [1.82, 2.24) is 9.55 Å². The Morgan fingerprint density at radius 3 is 2.67 bits per heavy atom. The third-order valence-electron chi connectivity index (χ3n) is 4.34. The van der Waals surface area contributed by atoms with E-state index in [4.69, 9.17) is 5.73 Å². The second-order valence-electron chi connectivity index (χ2n) is 6.00. The number of halogens is 1. The molecule has 2 rings (SSSR count). The number of rotatable bonds is 7. The zero-order valence-corrected chi connectivity index (χ0v) is 13.3. The molecule has 3 nitrogen and oxygen atoms in total. The van der Waals surface area contributed by atoms with Crippen molar-refractivity contribution in [2.24, 2.45) is 17.6 Å². The monoisotopic (exact) mass is 291 g/mol. The van der Waals surface area contributed by atoms with Crippen molar-refractivity contribution in [3.8, 4) is 0 Å². The number of benzene rings is 1. The molecule has 1 atom stereocenters. The van der Waals surface area contributed by atoms with Gasteiger partial charge in [-0.1, -0.05) is 19.9 Å². The van der Waals surface area contributed by atoms with E-state index in [1.54, 1.807) is 6.07 Å². The SMILES string of the molecule is CCn1c(CCC(CCN)C(C)C)nc2c(F)cccc21. The van der Waals surface area contributed by atoms with Crippen molar-refractivity contribution in [2.75, 3.05) is 6.54 Å². The largest absolute Gasteiger partial charge is 0.330 e. The normalized spacial score (nSPS) is 13.2. The second-order valence-corrected chi connectivity index (χ2v) is 6.00. The molecule has 0 aliphatic carbocycles. The molecule has 0 amide bonds. The van der Waals surface area contributed by atoms with E-state index in [1.807, 2.05) is 6.07 Å². The molecule has 0 aliphatic rings. The summed E-state index contributed by atoms with van der Waals surface area (Å²) in [6, 6.07) is 5.17. The van der Waals surface area contributed by atoms with Gasteiger partial charge in [0.15, 0.2) is 5.82 Å². The number of imidazole rings is 1. The first-order valence-electron chi connectivity index (χ1n) is 7.92. The first-order chi connectivity index (χ1) is 10.1. The van der Waals surface area contributed by atoms with Gasteiger partial charge in [0.25, 0.3) is 0 Å². The highest BCUT2D eigenvalue weighted by molar-refractivity contribution is 5.76. The molecule has 2 N–H and O–H groups in total. The molecular formula is C17H26FN3. The van der Waals surface area contributed by atoms with Crippen LogP contribution < -0.4 is 5.73 Å². The lowest BCUT2D eigenvalue weighted by atomic mass is 9.88. The lowest BCUT2D eigenvalue weighted by Crippen LogP contribution is -2.16. The molecule has 4 heteroatoms. The van der Waals surface area contributed by atoms with Crippen molar-refractivity contribution in [3.05, 3.63) is 29.8 Å². The molecule has 0 saturated heterocycles. The summed E-state index contributed by atoms with van der Waals surface area (Å²) < 4.78 is 16.0. The summed E-state index contributed by atoms with van der Waals surface area (Å²) in [5.41, 5.74) is 7.09. The number of aromatic nitrogens is 2. The van der Waals surface area contributed by atoms with Crippen LogP contribution in [-0.4, -0.2) is 16.1 Å². The Balaban J connectivity index is 2.23. The van der Waals surface area contributed by atoms with Gasteiger partial charge in [0.05, 0.1) is 5.52 Å². The van der Waals surface area contributed by atoms with E-state index in [0.29, 0.717) is 17.4 Å². The molecule has 0 aliphatic heterocycles. The number of para-hydroxylation sites is 1. The van der Waals surface area contributed by atoms with Crippen molar-refractivity contribution >= 4 is 11.0 Å². The Morgan fingerprint density at radius 1 is 1.29 bits per heavy atom. The van der Waals surface area contributed by atoms with Crippen LogP contribution >= 0.6 is 0 Å². The molecule has 0 bridgehead atoms. The van der Waals surface area contributed by atoms with E-state index in [1.165, 1.54) is 6.07 Å². The van der Waals surface area contributed by atoms with Crippen LogP contribution in [0.25, 0.3) is 11.0 Å². The average Bonchev–Trinajstić information content (AvgIpc) is 2.82. The predicted molar refractivity (Wildman–Crippen MR) is 85.7 cm³/mol. The standard InChI is InChI=1S/C17H26FN3/c1-4-21-15-7-5-6-14(18)17(15)20-16(21)9-8-13(10-11-19)12(2)3/h5-7,12-13H,4,8-11,19H2,1-3H3. The topological polar surface area (TPSA) is 43.8 Å². The number of fused-ring (bicyclic) bond motifs is 1. The zero-order chi connectivity index (χ0) is 15.4. The minimum atomic E-state index is -0.233. The maximum absolute atomic E-state index is 13.9. The molecule has 2 aromatic rings. The summed E-state index contributed by atoms with van der Waals surface area (Å²) in [6.07, 6.45) is 2.98. The first-order valence-corrected chi connectivity index (χ1v) is 7.92. The van der Waals surface area contributed by atoms with E-state index in [9.17, 15) is 4.39 Å². The molecule has 0 spiro atoms. The number of hydrogen-bond donors (Lipinski definition) is 1. The Kier molecular flexibility index (Phi) is 5.34. The van der Waals surface area contributed by atoms with Crippen LogP contribution in [0.2, 0.25) is 0 Å². The molecular weight excluding hydrogens is 265 g/mol. The lowest BCUT2D eigenvalue weighted by Gasteiger charge is -2.20. The van der Waals surface area contributed by atoms with E-state index in [2.05, 4.69) is 30.3 Å². The van der Waals surface area contributed by atoms with Crippen molar-refractivity contribution in [1.29, 1.82) is 0 Å². The van der Waals surface area contributed by atoms with Gasteiger partial charge < -0.3 is 10.3 Å². The van der Waals surface area contributed by atoms with Crippen molar-refractivity contribution < 1.29 is 4.39 Å². The molecule has 0 radical (unpaired) electrons. The minimum Gasteiger partial charge on any atom is -0.330 e. The van der Waals surface area contributed by atoms with Gasteiger partial charge in [0.2, 0.25) is 0 Å². The van der Waals surface area contributed by atoms with Crippen molar-refractivity contribution in [2.45, 2.75) is 46.6 Å². The van der Waals surface area contributed by atoms with Crippen LogP contribution in [-0.2, 0) is 13.0 Å². The summed E-state index contributed by atoms with van der Waals surface area (Å²) in [5, 5.41) is 0. The molecule has 1 aromatic heterocycles. The molecule has 0 fully saturated rings. The number of nitrogens with zero attached hydrogens (tertiary/aromatic N) is 2. The van der Waals surface area contributed by atoms with Crippen LogP contribution in [0.5, 0.6) is 0 Å². The minimum absolute atomic E-state index is 0.233. The highest BCUT2D eigenvalue weighted by atomic mass is 19.1. The predicted octanol–water partition coefficient (Wildman–Crippen LogP) is 3.75. The van der Waals surface area contributed by atoms with Crippen LogP contribution in [0.15, 0.2) is 18.2 Å². The van der Waals surface area contributed by atoms with Crippen LogP contribution in [0, 0.1) is 17.7 Å². The fourth-order valence-corrected chi connectivity index (χ4v) is 3.04. The molecule has 0 saturated carbocycles. The Morgan fingerprint density at radius 2 is 2.05 bits per heavy atom. The quantitative estimate of drug-likeness (QED) is 0.844. The van der Waals surface area contributed by atoms with E-state index in [-0.39, 0.29) is 5.82 Å². The fourth-order valence-electron chi connectivity index (χ4n) is 3.04. The van der Waals surface area contributed by atoms with Gasteiger partial charge in [-0.15, -0.1) is 0 Å². The summed E-state index contributed by atoms with van der Waals surface area (Å²) in [6.45, 7) is 8.10. The van der Waals surface area contributed by atoms with Crippen LogP contribution in [0.4, 0.5) is 4.39 Å². The van der Waals surface area contributed by atoms with Gasteiger partial charge in [-0.2, -0.15) is 0 Å². The second kappa shape index (κ2) is 7.03. The molecule has 1 aromatic carbocycles. The van der Waals surface area contributed by atoms with Gasteiger partial charge in [-0.25, -0.2) is 9.37 Å². The Hall–Kier alpha value is -1.42. The van der Waals surface area contributed by atoms with Gasteiger partial charge in [-0.05, 0) is 50.3 Å². The number of aryl methyl sites for hydroxylation is 2. The van der Waals surface area contributed by atoms with E-state index >= 15 is 0 Å². The Labute approximate surface area is 126 Å². The number of hydrogen-bond acceptors (Lipinski definition) is 2. The molecule has 1 unspecified atom stereocenters. The van der Waals surface area contributed by atoms with Crippen LogP contribution in [0.3, 0.4) is 0 Å². The fraction of sp³-hybridized carbons (Fsp3) is 0.588. The summed E-state index contributed by atoms with van der Waals surface area (Å²) in [5.74, 6) is 1.97. The summed E-state index contributed by atoms with van der Waals surface area (Å²) >= 11 is 0. The smallest absolute Gasteiger partial charge is 0.151 e. The van der Waals surface area contributed by atoms with Crippen LogP contribution in [0.1, 0.15) is 39.4 Å². The highest BCUT2D eigenvalue weighted by Gasteiger charge is 2.16. The summed E-state index contributed by atoms with van der Waals surface area (Å²) in [4.78, 5) is 4.53. The zero-order valence-electron chi connectivity index (χ0n) is 13.3. The number of nitrogens with two attached hydrogens (primary N) is 1. The highest BCUT2D eigenvalue weighted by Crippen LogP contribution is 2.24. The molecule has 116 valence electrons. The van der Waals surface area contributed by atoms with Crippen molar-refractivity contribution in [3.63, 3.8) is 0 Å². The third-order valence-corrected chi connectivity index (χ3v) is 4.34. The van der Waals surface area contributed by atoms with E-state index < -0.39 is 0 Å².